The number of amides is 1. The van der Waals surface area contributed by atoms with E-state index in [0.717, 1.165) is 33.7 Å². The number of nitrogens with zero attached hydrogens (tertiary/aromatic N) is 3. The summed E-state index contributed by atoms with van der Waals surface area (Å²) in [7, 11) is 1.89. The van der Waals surface area contributed by atoms with E-state index in [0.29, 0.717) is 16.6 Å². The summed E-state index contributed by atoms with van der Waals surface area (Å²) in [6.45, 7) is 2.40. The monoisotopic (exact) mass is 460 g/mol. The molecule has 0 fully saturated rings. The Balaban J connectivity index is 1.22. The Bertz CT molecular complexity index is 1420. The summed E-state index contributed by atoms with van der Waals surface area (Å²) >= 11 is 2.80. The predicted octanol–water partition coefficient (Wildman–Crippen LogP) is 5.90. The summed E-state index contributed by atoms with van der Waals surface area (Å²) in [6, 6.07) is 16.1. The molecule has 0 aliphatic heterocycles. The van der Waals surface area contributed by atoms with E-state index >= 15 is 0 Å². The highest BCUT2D eigenvalue weighted by Crippen LogP contribution is 2.28. The number of aromatic nitrogens is 3. The molecular formula is C24H20N4O2S2. The van der Waals surface area contributed by atoms with Crippen molar-refractivity contribution in [2.45, 2.75) is 13.5 Å². The number of fused-ring (bicyclic) bond motifs is 1. The van der Waals surface area contributed by atoms with Crippen LogP contribution in [0.5, 0.6) is 5.75 Å². The van der Waals surface area contributed by atoms with E-state index in [-0.39, 0.29) is 5.91 Å². The molecule has 5 aromatic rings. The van der Waals surface area contributed by atoms with E-state index in [1.807, 2.05) is 61.1 Å². The fourth-order valence-electron chi connectivity index (χ4n) is 3.36. The lowest BCUT2D eigenvalue weighted by Crippen LogP contribution is -2.09. The molecule has 0 radical (unpaired) electrons. The second-order valence-corrected chi connectivity index (χ2v) is 9.15. The van der Waals surface area contributed by atoms with Crippen molar-refractivity contribution < 1.29 is 9.53 Å². The van der Waals surface area contributed by atoms with Crippen LogP contribution in [-0.2, 0) is 13.7 Å². The normalized spacial score (nSPS) is 11.1. The van der Waals surface area contributed by atoms with Crippen LogP contribution in [0.25, 0.3) is 22.0 Å². The Morgan fingerprint density at radius 2 is 1.94 bits per heavy atom. The van der Waals surface area contributed by atoms with Gasteiger partial charge in [-0.1, -0.05) is 30.3 Å². The lowest BCUT2D eigenvalue weighted by atomic mass is 10.1. The third kappa shape index (κ3) is 4.15. The maximum absolute atomic E-state index is 12.7. The van der Waals surface area contributed by atoms with Gasteiger partial charge in [0.2, 0.25) is 0 Å². The lowest BCUT2D eigenvalue weighted by Gasteiger charge is -2.06. The number of hydrogen-bond donors (Lipinski definition) is 1. The van der Waals surface area contributed by atoms with E-state index in [1.54, 1.807) is 10.9 Å². The molecule has 0 saturated carbocycles. The first kappa shape index (κ1) is 20.4. The molecule has 5 rings (SSSR count). The first-order chi connectivity index (χ1) is 15.6. The number of aryl methyl sites for hydroxylation is 1. The number of anilines is 1. The van der Waals surface area contributed by atoms with Gasteiger partial charge in [0.15, 0.2) is 5.13 Å². The van der Waals surface area contributed by atoms with Crippen LogP contribution in [0, 0.1) is 6.92 Å². The molecule has 0 spiro atoms. The average molecular weight is 461 g/mol. The minimum Gasteiger partial charge on any atom is -0.489 e. The van der Waals surface area contributed by atoms with Crippen molar-refractivity contribution in [1.82, 2.24) is 14.8 Å². The van der Waals surface area contributed by atoms with Gasteiger partial charge < -0.3 is 4.74 Å². The largest absolute Gasteiger partial charge is 0.489 e. The van der Waals surface area contributed by atoms with Crippen molar-refractivity contribution in [2.24, 2.45) is 7.05 Å². The summed E-state index contributed by atoms with van der Waals surface area (Å²) in [5.41, 5.74) is 3.77. The van der Waals surface area contributed by atoms with Gasteiger partial charge in [-0.3, -0.25) is 14.8 Å². The van der Waals surface area contributed by atoms with E-state index in [4.69, 9.17) is 4.74 Å². The van der Waals surface area contributed by atoms with E-state index in [2.05, 4.69) is 27.5 Å². The summed E-state index contributed by atoms with van der Waals surface area (Å²) in [5.74, 6) is 0.637. The van der Waals surface area contributed by atoms with Crippen molar-refractivity contribution in [3.05, 3.63) is 81.6 Å². The zero-order valence-corrected chi connectivity index (χ0v) is 19.2. The van der Waals surface area contributed by atoms with Crippen LogP contribution in [0.3, 0.4) is 0 Å². The minimum absolute atomic E-state index is 0.171. The smallest absolute Gasteiger partial charge is 0.267 e. The number of carbonyl (C=O) groups is 1. The fraction of sp³-hybridized carbons (Fsp3) is 0.125. The van der Waals surface area contributed by atoms with Gasteiger partial charge in [-0.05, 0) is 41.3 Å². The van der Waals surface area contributed by atoms with E-state index in [1.165, 1.54) is 28.1 Å². The number of thiazole rings is 1. The molecule has 0 saturated heterocycles. The Morgan fingerprint density at radius 1 is 1.09 bits per heavy atom. The van der Waals surface area contributed by atoms with Crippen LogP contribution in [0.1, 0.15) is 20.9 Å². The third-order valence-electron chi connectivity index (χ3n) is 5.24. The number of thiophene rings is 1. The highest BCUT2D eigenvalue weighted by Gasteiger charge is 2.14. The zero-order valence-electron chi connectivity index (χ0n) is 17.5. The minimum atomic E-state index is -0.171. The Labute approximate surface area is 193 Å². The van der Waals surface area contributed by atoms with Crippen LogP contribution in [0.2, 0.25) is 0 Å². The van der Waals surface area contributed by atoms with Gasteiger partial charge in [-0.25, -0.2) is 4.98 Å². The first-order valence-corrected chi connectivity index (χ1v) is 11.8. The van der Waals surface area contributed by atoms with Gasteiger partial charge >= 0.3 is 0 Å². The Hall–Kier alpha value is -3.49. The van der Waals surface area contributed by atoms with Crippen molar-refractivity contribution in [1.29, 1.82) is 0 Å². The molecule has 2 aromatic carbocycles. The number of benzene rings is 2. The SMILES string of the molecule is Cc1c(-c2csc(NC(=O)c3cc(COc4ccc5ccccc5c4)cs3)n2)cnn1C. The van der Waals surface area contributed by atoms with Crippen molar-refractivity contribution in [3.8, 4) is 17.0 Å². The molecule has 0 unspecified atom stereocenters. The van der Waals surface area contributed by atoms with Gasteiger partial charge in [0, 0.05) is 29.2 Å². The van der Waals surface area contributed by atoms with Gasteiger partial charge in [-0.15, -0.1) is 22.7 Å². The molecule has 32 heavy (non-hydrogen) atoms. The summed E-state index contributed by atoms with van der Waals surface area (Å²) in [5, 5.41) is 13.9. The molecule has 8 heteroatoms. The molecule has 0 atom stereocenters. The first-order valence-electron chi connectivity index (χ1n) is 10.0. The molecule has 3 aromatic heterocycles. The third-order valence-corrected chi connectivity index (χ3v) is 6.98. The predicted molar refractivity (Wildman–Crippen MR) is 130 cm³/mol. The molecule has 3 heterocycles. The second kappa shape index (κ2) is 8.57. The summed E-state index contributed by atoms with van der Waals surface area (Å²) < 4.78 is 7.74. The van der Waals surface area contributed by atoms with Crippen molar-refractivity contribution >= 4 is 44.5 Å². The van der Waals surface area contributed by atoms with Crippen LogP contribution in [0.4, 0.5) is 5.13 Å². The van der Waals surface area contributed by atoms with Crippen LogP contribution >= 0.6 is 22.7 Å². The topological polar surface area (TPSA) is 69.0 Å². The fourth-order valence-corrected chi connectivity index (χ4v) is 4.86. The molecule has 1 amide bonds. The number of carbonyl (C=O) groups excluding carboxylic acids is 1. The molecule has 1 N–H and O–H groups in total. The molecule has 6 nitrogen and oxygen atoms in total. The Morgan fingerprint density at radius 3 is 2.75 bits per heavy atom. The maximum Gasteiger partial charge on any atom is 0.267 e. The van der Waals surface area contributed by atoms with Gasteiger partial charge in [-0.2, -0.15) is 5.10 Å². The zero-order chi connectivity index (χ0) is 22.1. The van der Waals surface area contributed by atoms with Gasteiger partial charge in [0.05, 0.1) is 16.8 Å². The molecule has 0 bridgehead atoms. The summed E-state index contributed by atoms with van der Waals surface area (Å²) in [4.78, 5) is 17.8. The highest BCUT2D eigenvalue weighted by molar-refractivity contribution is 7.14. The summed E-state index contributed by atoms with van der Waals surface area (Å²) in [6.07, 6.45) is 1.79. The van der Waals surface area contributed by atoms with E-state index < -0.39 is 0 Å². The second-order valence-electron chi connectivity index (χ2n) is 7.38. The average Bonchev–Trinajstić information content (AvgIpc) is 3.54. The molecule has 0 aliphatic rings. The maximum atomic E-state index is 12.7. The van der Waals surface area contributed by atoms with Gasteiger partial charge in [0.25, 0.3) is 5.91 Å². The molecule has 0 aliphatic carbocycles. The van der Waals surface area contributed by atoms with Crippen LogP contribution < -0.4 is 10.1 Å². The van der Waals surface area contributed by atoms with E-state index in [9.17, 15) is 4.79 Å². The standard InChI is InChI=1S/C24H20N4O2S2/c1-15-20(11-25-28(15)2)21-14-32-24(26-21)27-23(29)22-9-16(13-31-22)12-30-19-8-7-17-5-3-4-6-18(17)10-19/h3-11,13-14H,12H2,1-2H3,(H,26,27,29). The molecule has 160 valence electrons. The van der Waals surface area contributed by atoms with Crippen molar-refractivity contribution in [3.63, 3.8) is 0 Å². The number of nitrogens with one attached hydrogen (secondary N) is 1. The quantitative estimate of drug-likeness (QED) is 0.343. The highest BCUT2D eigenvalue weighted by atomic mass is 32.1. The lowest BCUT2D eigenvalue weighted by molar-refractivity contribution is 0.103. The molecular weight excluding hydrogens is 440 g/mol. The Kier molecular flexibility index (Phi) is 5.46. The van der Waals surface area contributed by atoms with Gasteiger partial charge in [0.1, 0.15) is 12.4 Å². The number of rotatable bonds is 6. The van der Waals surface area contributed by atoms with Crippen LogP contribution in [0.15, 0.2) is 65.5 Å². The van der Waals surface area contributed by atoms with Crippen molar-refractivity contribution in [2.75, 3.05) is 5.32 Å². The number of hydrogen-bond acceptors (Lipinski definition) is 6. The number of ether oxygens (including phenoxy) is 1. The van der Waals surface area contributed by atoms with Crippen LogP contribution in [-0.4, -0.2) is 20.7 Å².